The van der Waals surface area contributed by atoms with Crippen LogP contribution in [0.15, 0.2) is 5.10 Å². The monoisotopic (exact) mass is 441 g/mol. The maximum absolute atomic E-state index is 12.8. The number of hydrazone groups is 1. The smallest absolute Gasteiger partial charge is 0.341 e. The Morgan fingerprint density at radius 1 is 1.31 bits per heavy atom. The largest absolute Gasteiger partial charge is 0.462 e. The van der Waals surface area contributed by atoms with Crippen LogP contribution in [0.25, 0.3) is 0 Å². The highest BCUT2D eigenvalue weighted by molar-refractivity contribution is 7.91. The molecule has 9 nitrogen and oxygen atoms in total. The second-order valence-corrected chi connectivity index (χ2v) is 10.5. The first-order valence-corrected chi connectivity index (χ1v) is 11.9. The lowest BCUT2D eigenvalue weighted by atomic mass is 10.1. The highest BCUT2D eigenvalue weighted by atomic mass is 32.2. The minimum atomic E-state index is -3.19. The first-order valence-electron chi connectivity index (χ1n) is 9.31. The average molecular weight is 442 g/mol. The Hall–Kier alpha value is -2.27. The van der Waals surface area contributed by atoms with E-state index in [1.807, 2.05) is 6.92 Å². The van der Waals surface area contributed by atoms with Gasteiger partial charge in [0.1, 0.15) is 10.7 Å². The molecule has 29 heavy (non-hydrogen) atoms. The van der Waals surface area contributed by atoms with Crippen LogP contribution in [-0.4, -0.2) is 61.1 Å². The van der Waals surface area contributed by atoms with Crippen LogP contribution in [0, 0.1) is 13.8 Å². The van der Waals surface area contributed by atoms with Gasteiger partial charge in [-0.15, -0.1) is 11.3 Å². The van der Waals surface area contributed by atoms with Crippen molar-refractivity contribution in [2.75, 3.05) is 23.4 Å². The molecule has 0 bridgehead atoms. The molecule has 1 saturated heterocycles. The van der Waals surface area contributed by atoms with Gasteiger partial charge in [-0.1, -0.05) is 0 Å². The van der Waals surface area contributed by atoms with Gasteiger partial charge in [-0.25, -0.2) is 18.2 Å². The Balaban J connectivity index is 1.82. The van der Waals surface area contributed by atoms with Crippen molar-refractivity contribution in [3.63, 3.8) is 0 Å². The van der Waals surface area contributed by atoms with Gasteiger partial charge in [0, 0.05) is 17.7 Å². The van der Waals surface area contributed by atoms with Crippen molar-refractivity contribution in [1.29, 1.82) is 0 Å². The van der Waals surface area contributed by atoms with E-state index < -0.39 is 27.8 Å². The van der Waals surface area contributed by atoms with Gasteiger partial charge in [-0.3, -0.25) is 9.59 Å². The van der Waals surface area contributed by atoms with Crippen LogP contribution in [0.5, 0.6) is 0 Å². The number of carbonyl (C=O) groups excluding carboxylic acids is 3. The molecule has 0 radical (unpaired) electrons. The van der Waals surface area contributed by atoms with Crippen LogP contribution in [0.3, 0.4) is 0 Å². The fourth-order valence-electron chi connectivity index (χ4n) is 3.33. The summed E-state index contributed by atoms with van der Waals surface area (Å²) in [6.45, 7) is 5.55. The van der Waals surface area contributed by atoms with E-state index in [4.69, 9.17) is 4.74 Å². The number of nitrogens with one attached hydrogen (secondary N) is 1. The molecule has 1 aromatic rings. The molecule has 0 spiro atoms. The summed E-state index contributed by atoms with van der Waals surface area (Å²) in [5, 5.41) is 8.39. The first kappa shape index (κ1) is 21.4. The highest BCUT2D eigenvalue weighted by Gasteiger charge is 2.37. The summed E-state index contributed by atoms with van der Waals surface area (Å²) in [5.41, 5.74) is 1.18. The fraction of sp³-hybridized carbons (Fsp3) is 0.556. The van der Waals surface area contributed by atoms with Gasteiger partial charge >= 0.3 is 5.97 Å². The third kappa shape index (κ3) is 4.50. The summed E-state index contributed by atoms with van der Waals surface area (Å²) in [5.74, 6) is -1.46. The number of aryl methyl sites for hydroxylation is 1. The van der Waals surface area contributed by atoms with E-state index in [-0.39, 0.29) is 42.6 Å². The van der Waals surface area contributed by atoms with E-state index in [2.05, 4.69) is 10.4 Å². The van der Waals surface area contributed by atoms with Gasteiger partial charge in [0.15, 0.2) is 9.84 Å². The molecular weight excluding hydrogens is 418 g/mol. The summed E-state index contributed by atoms with van der Waals surface area (Å²) >= 11 is 1.27. The van der Waals surface area contributed by atoms with Crippen molar-refractivity contribution in [2.45, 2.75) is 46.1 Å². The number of rotatable bonds is 5. The topological polar surface area (TPSA) is 122 Å². The van der Waals surface area contributed by atoms with Gasteiger partial charge < -0.3 is 10.1 Å². The number of carbonyl (C=O) groups is 3. The van der Waals surface area contributed by atoms with Gasteiger partial charge in [0.2, 0.25) is 5.91 Å². The summed E-state index contributed by atoms with van der Waals surface area (Å²) in [7, 11) is -3.19. The van der Waals surface area contributed by atoms with Gasteiger partial charge in [0.05, 0.1) is 29.7 Å². The molecule has 1 unspecified atom stereocenters. The van der Waals surface area contributed by atoms with Gasteiger partial charge in [-0.2, -0.15) is 5.10 Å². The van der Waals surface area contributed by atoms with Crippen LogP contribution in [0.2, 0.25) is 0 Å². The van der Waals surface area contributed by atoms with Crippen LogP contribution in [0.4, 0.5) is 5.00 Å². The average Bonchev–Trinajstić information content (AvgIpc) is 3.14. The molecule has 158 valence electrons. The number of hydrogen-bond donors (Lipinski definition) is 1. The normalized spacial score (nSPS) is 21.1. The zero-order valence-electron chi connectivity index (χ0n) is 16.5. The van der Waals surface area contributed by atoms with Gasteiger partial charge in [0.25, 0.3) is 5.91 Å². The molecule has 0 saturated carbocycles. The predicted octanol–water partition coefficient (Wildman–Crippen LogP) is 1.65. The van der Waals surface area contributed by atoms with Crippen molar-refractivity contribution in [1.82, 2.24) is 5.01 Å². The Morgan fingerprint density at radius 3 is 2.66 bits per heavy atom. The molecule has 0 aliphatic carbocycles. The highest BCUT2D eigenvalue weighted by Crippen LogP contribution is 2.33. The lowest BCUT2D eigenvalue weighted by molar-refractivity contribution is -0.133. The van der Waals surface area contributed by atoms with E-state index >= 15 is 0 Å². The molecule has 11 heteroatoms. The molecule has 1 atom stereocenters. The van der Waals surface area contributed by atoms with Crippen molar-refractivity contribution in [2.24, 2.45) is 5.10 Å². The third-order valence-electron chi connectivity index (χ3n) is 4.97. The van der Waals surface area contributed by atoms with E-state index in [1.165, 1.54) is 11.3 Å². The first-order chi connectivity index (χ1) is 13.6. The van der Waals surface area contributed by atoms with E-state index in [0.717, 1.165) is 15.4 Å². The standard InChI is InChI=1S/C18H23N3O6S2/c1-4-27-18(24)15-10(2)11(3)28-17(15)19-16(23)13-5-6-14(22)21(20-13)12-7-8-29(25,26)9-12/h12H,4-9H2,1-3H3,(H,19,23). The summed E-state index contributed by atoms with van der Waals surface area (Å²) in [4.78, 5) is 38.1. The number of sulfone groups is 1. The molecular formula is C18H23N3O6S2. The zero-order chi connectivity index (χ0) is 21.3. The summed E-state index contributed by atoms with van der Waals surface area (Å²) in [6.07, 6.45) is 0.539. The molecule has 3 heterocycles. The van der Waals surface area contributed by atoms with Crippen LogP contribution >= 0.6 is 11.3 Å². The molecule has 1 aromatic heterocycles. The molecule has 2 aliphatic heterocycles. The second kappa shape index (κ2) is 8.23. The molecule has 1 fully saturated rings. The molecule has 3 rings (SSSR count). The number of anilines is 1. The number of esters is 1. The number of hydrogen-bond acceptors (Lipinski definition) is 8. The second-order valence-electron chi connectivity index (χ2n) is 7.00. The maximum atomic E-state index is 12.8. The van der Waals surface area contributed by atoms with Crippen molar-refractivity contribution < 1.29 is 27.5 Å². The van der Waals surface area contributed by atoms with Gasteiger partial charge in [-0.05, 0) is 32.8 Å². The van der Waals surface area contributed by atoms with Crippen LogP contribution in [-0.2, 0) is 24.2 Å². The van der Waals surface area contributed by atoms with Crippen molar-refractivity contribution in [3.8, 4) is 0 Å². The zero-order valence-corrected chi connectivity index (χ0v) is 18.1. The number of nitrogens with zero attached hydrogens (tertiary/aromatic N) is 2. The SMILES string of the molecule is CCOC(=O)c1c(NC(=O)C2=NN(C3CCS(=O)(=O)C3)C(=O)CC2)sc(C)c1C. The minimum absolute atomic E-state index is 0.00907. The van der Waals surface area contributed by atoms with Crippen molar-refractivity contribution in [3.05, 3.63) is 16.0 Å². The van der Waals surface area contributed by atoms with E-state index in [0.29, 0.717) is 17.0 Å². The summed E-state index contributed by atoms with van der Waals surface area (Å²) in [6, 6.07) is -0.545. The Labute approximate surface area is 173 Å². The number of thiophene rings is 1. The lowest BCUT2D eigenvalue weighted by Crippen LogP contribution is -2.42. The minimum Gasteiger partial charge on any atom is -0.462 e. The molecule has 1 N–H and O–H groups in total. The van der Waals surface area contributed by atoms with Crippen molar-refractivity contribution >= 4 is 49.7 Å². The molecule has 2 aliphatic rings. The third-order valence-corrected chi connectivity index (χ3v) is 7.84. The lowest BCUT2D eigenvalue weighted by Gasteiger charge is -2.27. The molecule has 2 amide bonds. The number of amides is 2. The Bertz CT molecular complexity index is 995. The van der Waals surface area contributed by atoms with E-state index in [1.54, 1.807) is 13.8 Å². The van der Waals surface area contributed by atoms with Crippen LogP contribution < -0.4 is 5.32 Å². The quantitative estimate of drug-likeness (QED) is 0.693. The Kier molecular flexibility index (Phi) is 6.08. The Morgan fingerprint density at radius 2 is 2.03 bits per heavy atom. The van der Waals surface area contributed by atoms with Crippen LogP contribution in [0.1, 0.15) is 47.0 Å². The maximum Gasteiger partial charge on any atom is 0.341 e. The summed E-state index contributed by atoms with van der Waals surface area (Å²) < 4.78 is 28.5. The number of ether oxygens (including phenoxy) is 1. The fourth-order valence-corrected chi connectivity index (χ4v) is 6.06. The molecule has 0 aromatic carbocycles. The predicted molar refractivity (Wildman–Crippen MR) is 109 cm³/mol. The van der Waals surface area contributed by atoms with E-state index in [9.17, 15) is 22.8 Å².